The van der Waals surface area contributed by atoms with E-state index in [0.29, 0.717) is 17.9 Å². The van der Waals surface area contributed by atoms with E-state index in [-0.39, 0.29) is 13.0 Å². The van der Waals surface area contributed by atoms with Crippen LogP contribution in [0.2, 0.25) is 0 Å². The average molecular weight is 603 g/mol. The van der Waals surface area contributed by atoms with E-state index in [0.717, 1.165) is 16.8 Å². The highest BCUT2D eigenvalue weighted by Crippen LogP contribution is 2.16. The monoisotopic (exact) mass is 602 g/mol. The topological polar surface area (TPSA) is 120 Å². The highest BCUT2D eigenvalue weighted by atomic mass is 16.6. The summed E-state index contributed by atoms with van der Waals surface area (Å²) in [7, 11) is 1.62. The minimum atomic E-state index is -0.960. The van der Waals surface area contributed by atoms with E-state index < -0.39 is 35.4 Å². The Morgan fingerprint density at radius 2 is 1.59 bits per heavy atom. The Bertz CT molecular complexity index is 1430. The molecule has 0 saturated heterocycles. The second-order valence-electron chi connectivity index (χ2n) is 12.2. The van der Waals surface area contributed by atoms with Crippen LogP contribution in [0.4, 0.5) is 15.4 Å². The fourth-order valence-corrected chi connectivity index (χ4v) is 3.86. The Balaban J connectivity index is 1.61. The van der Waals surface area contributed by atoms with Crippen LogP contribution in [-0.4, -0.2) is 52.4 Å². The summed E-state index contributed by atoms with van der Waals surface area (Å²) in [5.74, 6) is -0.0742. The molecule has 0 fully saturated rings. The number of hydrogen-bond donors (Lipinski definition) is 1. The summed E-state index contributed by atoms with van der Waals surface area (Å²) in [4.78, 5) is 48.3. The summed E-state index contributed by atoms with van der Waals surface area (Å²) >= 11 is 0. The van der Waals surface area contributed by atoms with Gasteiger partial charge in [0.2, 0.25) is 0 Å². The molecule has 1 N–H and O–H groups in total. The standard InChI is InChI=1S/C34H42N4O6/c1-33(2,3)43-30(39)28(37-31(40)42-23-24-13-9-8-10-14-24)21-25-19-20-26(35-22-25)15-11-16-27-17-12-18-29(36-27)38(7)32(41)44-34(4,5)6/h8-15,17-20,22,28H,16,21,23H2,1-7H3,(H,37,40)/t28-/m0/s1. The number of anilines is 1. The van der Waals surface area contributed by atoms with Crippen molar-refractivity contribution >= 4 is 30.0 Å². The van der Waals surface area contributed by atoms with Gasteiger partial charge in [0.1, 0.15) is 29.7 Å². The van der Waals surface area contributed by atoms with E-state index in [4.69, 9.17) is 14.2 Å². The largest absolute Gasteiger partial charge is 0.458 e. The highest BCUT2D eigenvalue weighted by molar-refractivity contribution is 5.86. The molecule has 0 aliphatic heterocycles. The van der Waals surface area contributed by atoms with Crippen molar-refractivity contribution in [1.82, 2.24) is 15.3 Å². The van der Waals surface area contributed by atoms with Gasteiger partial charge < -0.3 is 19.5 Å². The smallest absolute Gasteiger partial charge is 0.415 e. The Kier molecular flexibility index (Phi) is 11.6. The molecule has 2 aromatic heterocycles. The van der Waals surface area contributed by atoms with Crippen molar-refractivity contribution in [3.05, 3.63) is 95.5 Å². The minimum absolute atomic E-state index is 0.0799. The maximum Gasteiger partial charge on any atom is 0.415 e. The van der Waals surface area contributed by atoms with E-state index in [2.05, 4.69) is 15.3 Å². The Hall–Kier alpha value is -4.73. The number of nitrogens with zero attached hydrogens (tertiary/aromatic N) is 3. The first kappa shape index (κ1) is 33.8. The molecule has 0 saturated carbocycles. The Morgan fingerprint density at radius 3 is 2.23 bits per heavy atom. The molecule has 3 aromatic rings. The molecule has 1 aromatic carbocycles. The van der Waals surface area contributed by atoms with Crippen molar-refractivity contribution in [3.63, 3.8) is 0 Å². The fraction of sp³-hybridized carbons (Fsp3) is 0.382. The van der Waals surface area contributed by atoms with Crippen LogP contribution in [0, 0.1) is 0 Å². The van der Waals surface area contributed by atoms with Crippen LogP contribution in [0.25, 0.3) is 6.08 Å². The molecule has 0 spiro atoms. The Labute approximate surface area is 259 Å². The zero-order chi connectivity index (χ0) is 32.3. The van der Waals surface area contributed by atoms with Crippen molar-refractivity contribution in [2.75, 3.05) is 11.9 Å². The highest BCUT2D eigenvalue weighted by Gasteiger charge is 2.28. The van der Waals surface area contributed by atoms with Crippen LogP contribution < -0.4 is 10.2 Å². The van der Waals surface area contributed by atoms with E-state index in [9.17, 15) is 14.4 Å². The van der Waals surface area contributed by atoms with Crippen LogP contribution in [-0.2, 0) is 38.5 Å². The third-order valence-corrected chi connectivity index (χ3v) is 5.90. The van der Waals surface area contributed by atoms with Gasteiger partial charge in [0, 0.05) is 31.8 Å². The summed E-state index contributed by atoms with van der Waals surface area (Å²) < 4.78 is 16.3. The number of hydrogen-bond acceptors (Lipinski definition) is 8. The molecule has 2 heterocycles. The van der Waals surface area contributed by atoms with E-state index in [1.807, 2.05) is 87.5 Å². The summed E-state index contributed by atoms with van der Waals surface area (Å²) in [6.45, 7) is 10.8. The number of alkyl carbamates (subject to hydrolysis) is 1. The second-order valence-corrected chi connectivity index (χ2v) is 12.2. The second kappa shape index (κ2) is 15.1. The number of nitrogens with one attached hydrogen (secondary N) is 1. The van der Waals surface area contributed by atoms with Crippen molar-refractivity contribution in [2.24, 2.45) is 0 Å². The van der Waals surface area contributed by atoms with E-state index in [1.54, 1.807) is 40.1 Å². The van der Waals surface area contributed by atoms with Crippen LogP contribution in [0.15, 0.2) is 72.9 Å². The lowest BCUT2D eigenvalue weighted by molar-refractivity contribution is -0.157. The molecular weight excluding hydrogens is 560 g/mol. The third-order valence-electron chi connectivity index (χ3n) is 5.90. The van der Waals surface area contributed by atoms with E-state index in [1.165, 1.54) is 4.90 Å². The van der Waals surface area contributed by atoms with Crippen LogP contribution in [0.1, 0.15) is 64.1 Å². The molecule has 0 bridgehead atoms. The first-order chi connectivity index (χ1) is 20.7. The molecule has 1 atom stereocenters. The number of benzene rings is 1. The fourth-order valence-electron chi connectivity index (χ4n) is 3.86. The molecule has 10 nitrogen and oxygen atoms in total. The van der Waals surface area contributed by atoms with Crippen molar-refractivity contribution < 1.29 is 28.6 Å². The Morgan fingerprint density at radius 1 is 0.886 bits per heavy atom. The molecule has 0 radical (unpaired) electrons. The van der Waals surface area contributed by atoms with Gasteiger partial charge in [-0.3, -0.25) is 9.88 Å². The predicted octanol–water partition coefficient (Wildman–Crippen LogP) is 6.28. The van der Waals surface area contributed by atoms with Crippen LogP contribution >= 0.6 is 0 Å². The molecule has 2 amide bonds. The number of rotatable bonds is 10. The number of pyridine rings is 2. The molecule has 10 heteroatoms. The molecule has 234 valence electrons. The lowest BCUT2D eigenvalue weighted by atomic mass is 10.1. The van der Waals surface area contributed by atoms with Gasteiger partial charge in [-0.1, -0.05) is 48.5 Å². The first-order valence-corrected chi connectivity index (χ1v) is 14.4. The van der Waals surface area contributed by atoms with Crippen molar-refractivity contribution in [3.8, 4) is 0 Å². The predicted molar refractivity (Wildman–Crippen MR) is 169 cm³/mol. The third kappa shape index (κ3) is 11.9. The summed E-state index contributed by atoms with van der Waals surface area (Å²) in [5, 5.41) is 2.64. The molecule has 0 aliphatic carbocycles. The molecule has 0 unspecified atom stereocenters. The molecular formula is C34H42N4O6. The maximum atomic E-state index is 12.9. The van der Waals surface area contributed by atoms with Gasteiger partial charge in [0.25, 0.3) is 0 Å². The van der Waals surface area contributed by atoms with Gasteiger partial charge in [0.15, 0.2) is 0 Å². The molecule has 44 heavy (non-hydrogen) atoms. The lowest BCUT2D eigenvalue weighted by Gasteiger charge is -2.24. The van der Waals surface area contributed by atoms with E-state index >= 15 is 0 Å². The maximum absolute atomic E-state index is 12.9. The van der Waals surface area contributed by atoms with Gasteiger partial charge >= 0.3 is 18.2 Å². The summed E-state index contributed by atoms with van der Waals surface area (Å²) in [5.41, 5.74) is 1.73. The average Bonchev–Trinajstić information content (AvgIpc) is 2.95. The van der Waals surface area contributed by atoms with Gasteiger partial charge in [0.05, 0.1) is 5.69 Å². The quantitative estimate of drug-likeness (QED) is 0.213. The number of carbonyl (C=O) groups excluding carboxylic acids is 3. The number of carbonyl (C=O) groups is 3. The molecule has 3 rings (SSSR count). The van der Waals surface area contributed by atoms with Crippen LogP contribution in [0.5, 0.6) is 0 Å². The van der Waals surface area contributed by atoms with Gasteiger partial charge in [-0.05, 0) is 76.9 Å². The zero-order valence-corrected chi connectivity index (χ0v) is 26.5. The summed E-state index contributed by atoms with van der Waals surface area (Å²) in [6.07, 6.45) is 4.95. The molecule has 0 aliphatic rings. The van der Waals surface area contributed by atoms with Gasteiger partial charge in [-0.15, -0.1) is 0 Å². The van der Waals surface area contributed by atoms with Crippen LogP contribution in [0.3, 0.4) is 0 Å². The number of ether oxygens (including phenoxy) is 3. The lowest BCUT2D eigenvalue weighted by Crippen LogP contribution is -2.45. The number of allylic oxidation sites excluding steroid dienone is 1. The minimum Gasteiger partial charge on any atom is -0.458 e. The SMILES string of the molecule is CN(C(=O)OC(C)(C)C)c1cccc(CC=Cc2ccc(C[C@H](NC(=O)OCc3ccccc3)C(=O)OC(C)(C)C)cn2)n1. The number of aromatic nitrogens is 2. The summed E-state index contributed by atoms with van der Waals surface area (Å²) in [6, 6.07) is 17.5. The van der Waals surface area contributed by atoms with Crippen molar-refractivity contribution in [2.45, 2.75) is 78.2 Å². The first-order valence-electron chi connectivity index (χ1n) is 14.4. The van der Waals surface area contributed by atoms with Gasteiger partial charge in [-0.25, -0.2) is 19.4 Å². The van der Waals surface area contributed by atoms with Crippen molar-refractivity contribution in [1.29, 1.82) is 0 Å². The van der Waals surface area contributed by atoms with Gasteiger partial charge in [-0.2, -0.15) is 0 Å². The number of esters is 1. The zero-order valence-electron chi connectivity index (χ0n) is 26.5. The number of amides is 2. The normalized spacial score (nSPS) is 12.3.